The number of nitrogens with one attached hydrogen (secondary N) is 2. The molecule has 1 unspecified atom stereocenters. The first kappa shape index (κ1) is 18.9. The number of hydrogen-bond acceptors (Lipinski definition) is 2. The molecule has 1 aliphatic carbocycles. The molecule has 0 radical (unpaired) electrons. The van der Waals surface area contributed by atoms with Crippen molar-refractivity contribution >= 4 is 5.96 Å². The average molecular weight is 369 g/mol. The maximum Gasteiger partial charge on any atom is 0.391 e. The van der Waals surface area contributed by atoms with E-state index in [0.29, 0.717) is 31.3 Å². The first-order valence-corrected chi connectivity index (χ1v) is 9.23. The number of guanidine groups is 1. The Labute approximate surface area is 152 Å². The molecule has 1 aromatic rings. The van der Waals surface area contributed by atoms with E-state index in [0.717, 1.165) is 18.7 Å². The van der Waals surface area contributed by atoms with Crippen LogP contribution in [0.1, 0.15) is 43.6 Å². The molecule has 3 rings (SSSR count). The molecule has 0 saturated heterocycles. The van der Waals surface area contributed by atoms with Gasteiger partial charge in [0.15, 0.2) is 5.96 Å². The monoisotopic (exact) mass is 369 g/mol. The normalized spacial score (nSPS) is 26.6. The molecule has 1 aliphatic heterocycles. The van der Waals surface area contributed by atoms with Crippen molar-refractivity contribution in [1.82, 2.24) is 10.6 Å². The summed E-state index contributed by atoms with van der Waals surface area (Å²) in [7, 11) is 1.69. The Morgan fingerprint density at radius 1 is 1.15 bits per heavy atom. The number of rotatable bonds is 3. The van der Waals surface area contributed by atoms with Gasteiger partial charge in [0, 0.05) is 25.6 Å². The van der Waals surface area contributed by atoms with Crippen molar-refractivity contribution in [3.8, 4) is 5.75 Å². The fraction of sp³-hybridized carbons (Fsp3) is 0.632. The highest BCUT2D eigenvalue weighted by Gasteiger charge is 2.41. The SMILES string of the molecule is CN=C(NCC1CCOc2ccccc21)NC1CCC(C(F)(F)F)CC1. The quantitative estimate of drug-likeness (QED) is 0.629. The Bertz CT molecular complexity index is 625. The molecule has 7 heteroatoms. The lowest BCUT2D eigenvalue weighted by molar-refractivity contribution is -0.182. The van der Waals surface area contributed by atoms with E-state index in [9.17, 15) is 13.2 Å². The van der Waals surface area contributed by atoms with Gasteiger partial charge in [-0.15, -0.1) is 0 Å². The summed E-state index contributed by atoms with van der Waals surface area (Å²) in [6, 6.07) is 8.07. The Hall–Kier alpha value is -1.92. The van der Waals surface area contributed by atoms with Gasteiger partial charge >= 0.3 is 6.18 Å². The second-order valence-corrected chi connectivity index (χ2v) is 7.06. The Balaban J connectivity index is 1.49. The van der Waals surface area contributed by atoms with Gasteiger partial charge in [-0.05, 0) is 43.7 Å². The molecule has 0 spiro atoms. The lowest BCUT2D eigenvalue weighted by atomic mass is 9.85. The van der Waals surface area contributed by atoms with Crippen molar-refractivity contribution in [1.29, 1.82) is 0 Å². The predicted molar refractivity (Wildman–Crippen MR) is 95.6 cm³/mol. The van der Waals surface area contributed by atoms with Crippen molar-refractivity contribution in [2.24, 2.45) is 10.9 Å². The fourth-order valence-electron chi connectivity index (χ4n) is 3.80. The molecule has 1 atom stereocenters. The second-order valence-electron chi connectivity index (χ2n) is 7.06. The standard InChI is InChI=1S/C19H26F3N3O/c1-23-18(25-15-8-6-14(7-9-15)19(20,21)22)24-12-13-10-11-26-17-5-3-2-4-16(13)17/h2-5,13-15H,6-12H2,1H3,(H2,23,24,25). The summed E-state index contributed by atoms with van der Waals surface area (Å²) in [6.07, 6.45) is -1.73. The van der Waals surface area contributed by atoms with Crippen molar-refractivity contribution in [3.63, 3.8) is 0 Å². The molecule has 2 aliphatic rings. The molecule has 1 aromatic carbocycles. The van der Waals surface area contributed by atoms with Gasteiger partial charge in [0.2, 0.25) is 0 Å². The topological polar surface area (TPSA) is 45.7 Å². The second kappa shape index (κ2) is 8.18. The summed E-state index contributed by atoms with van der Waals surface area (Å²) in [5, 5.41) is 6.61. The number of nitrogens with zero attached hydrogens (tertiary/aromatic N) is 1. The molecule has 26 heavy (non-hydrogen) atoms. The largest absolute Gasteiger partial charge is 0.493 e. The van der Waals surface area contributed by atoms with E-state index in [-0.39, 0.29) is 18.9 Å². The van der Waals surface area contributed by atoms with Crippen LogP contribution in [0.3, 0.4) is 0 Å². The van der Waals surface area contributed by atoms with Crippen LogP contribution < -0.4 is 15.4 Å². The first-order chi connectivity index (χ1) is 12.5. The van der Waals surface area contributed by atoms with Gasteiger partial charge in [0.1, 0.15) is 5.75 Å². The van der Waals surface area contributed by atoms with E-state index >= 15 is 0 Å². The molecular weight excluding hydrogens is 343 g/mol. The molecule has 0 bridgehead atoms. The molecule has 144 valence electrons. The van der Waals surface area contributed by atoms with E-state index in [1.165, 1.54) is 5.56 Å². The lowest BCUT2D eigenvalue weighted by Gasteiger charge is -2.32. The highest BCUT2D eigenvalue weighted by molar-refractivity contribution is 5.80. The molecule has 4 nitrogen and oxygen atoms in total. The predicted octanol–water partition coefficient (Wildman–Crippen LogP) is 3.84. The molecular formula is C19H26F3N3O. The summed E-state index contributed by atoms with van der Waals surface area (Å²) in [5.74, 6) is 0.761. The number of aliphatic imine (C=N–C) groups is 1. The zero-order valence-electron chi connectivity index (χ0n) is 15.0. The lowest BCUT2D eigenvalue weighted by Crippen LogP contribution is -2.46. The van der Waals surface area contributed by atoms with Crippen LogP contribution in [0.2, 0.25) is 0 Å². The van der Waals surface area contributed by atoms with Gasteiger partial charge in [-0.25, -0.2) is 0 Å². The minimum Gasteiger partial charge on any atom is -0.493 e. The maximum atomic E-state index is 12.8. The molecule has 0 aromatic heterocycles. The number of ether oxygens (including phenoxy) is 1. The van der Waals surface area contributed by atoms with E-state index in [2.05, 4.69) is 21.7 Å². The summed E-state index contributed by atoms with van der Waals surface area (Å²) >= 11 is 0. The van der Waals surface area contributed by atoms with Crippen LogP contribution in [0, 0.1) is 5.92 Å². The zero-order chi connectivity index (χ0) is 18.6. The minimum atomic E-state index is -4.07. The Morgan fingerprint density at radius 3 is 2.58 bits per heavy atom. The molecule has 2 N–H and O–H groups in total. The van der Waals surface area contributed by atoms with Crippen LogP contribution in [0.5, 0.6) is 5.75 Å². The van der Waals surface area contributed by atoms with Crippen molar-refractivity contribution < 1.29 is 17.9 Å². The van der Waals surface area contributed by atoms with Crippen LogP contribution >= 0.6 is 0 Å². The van der Waals surface area contributed by atoms with Crippen LogP contribution in [0.25, 0.3) is 0 Å². The maximum absolute atomic E-state index is 12.8. The number of para-hydroxylation sites is 1. The molecule has 1 saturated carbocycles. The molecule has 1 heterocycles. The van der Waals surface area contributed by atoms with Crippen LogP contribution in [-0.4, -0.2) is 38.4 Å². The van der Waals surface area contributed by atoms with Gasteiger partial charge in [-0.3, -0.25) is 4.99 Å². The van der Waals surface area contributed by atoms with Crippen LogP contribution in [-0.2, 0) is 0 Å². The first-order valence-electron chi connectivity index (χ1n) is 9.23. The highest BCUT2D eigenvalue weighted by atomic mass is 19.4. The van der Waals surface area contributed by atoms with E-state index < -0.39 is 12.1 Å². The summed E-state index contributed by atoms with van der Waals surface area (Å²) in [5.41, 5.74) is 1.19. The summed E-state index contributed by atoms with van der Waals surface area (Å²) < 4.78 is 44.0. The van der Waals surface area contributed by atoms with E-state index in [4.69, 9.17) is 4.74 Å². The Morgan fingerprint density at radius 2 is 1.88 bits per heavy atom. The third-order valence-electron chi connectivity index (χ3n) is 5.35. The van der Waals surface area contributed by atoms with Crippen molar-refractivity contribution in [2.45, 2.75) is 50.2 Å². The van der Waals surface area contributed by atoms with Gasteiger partial charge in [0.25, 0.3) is 0 Å². The van der Waals surface area contributed by atoms with Crippen molar-refractivity contribution in [2.75, 3.05) is 20.2 Å². The van der Waals surface area contributed by atoms with Gasteiger partial charge in [-0.2, -0.15) is 13.2 Å². The van der Waals surface area contributed by atoms with Crippen molar-refractivity contribution in [3.05, 3.63) is 29.8 Å². The fourth-order valence-corrected chi connectivity index (χ4v) is 3.80. The number of hydrogen-bond donors (Lipinski definition) is 2. The molecule has 0 amide bonds. The number of alkyl halides is 3. The highest BCUT2D eigenvalue weighted by Crippen LogP contribution is 2.37. The number of halogens is 3. The summed E-state index contributed by atoms with van der Waals surface area (Å²) in [4.78, 5) is 4.23. The van der Waals surface area contributed by atoms with Gasteiger partial charge < -0.3 is 15.4 Å². The number of benzene rings is 1. The zero-order valence-corrected chi connectivity index (χ0v) is 15.0. The molecule has 1 fully saturated rings. The van der Waals surface area contributed by atoms with Gasteiger partial charge in [0.05, 0.1) is 12.5 Å². The van der Waals surface area contributed by atoms with Gasteiger partial charge in [-0.1, -0.05) is 18.2 Å². The number of fused-ring (bicyclic) bond motifs is 1. The third kappa shape index (κ3) is 4.62. The minimum absolute atomic E-state index is 0.0433. The smallest absolute Gasteiger partial charge is 0.391 e. The third-order valence-corrected chi connectivity index (χ3v) is 5.35. The van der Waals surface area contributed by atoms with Crippen LogP contribution in [0.4, 0.5) is 13.2 Å². The average Bonchev–Trinajstić information content (AvgIpc) is 2.64. The summed E-state index contributed by atoms with van der Waals surface area (Å²) in [6.45, 7) is 1.41. The van der Waals surface area contributed by atoms with Crippen LogP contribution in [0.15, 0.2) is 29.3 Å². The Kier molecular flexibility index (Phi) is 5.94. The van der Waals surface area contributed by atoms with E-state index in [1.54, 1.807) is 7.05 Å². The van der Waals surface area contributed by atoms with E-state index in [1.807, 2.05) is 18.2 Å².